The third-order valence-electron chi connectivity index (χ3n) is 2.99. The van der Waals surface area contributed by atoms with Gasteiger partial charge in [0.25, 0.3) is 5.91 Å². The van der Waals surface area contributed by atoms with Gasteiger partial charge in [0.15, 0.2) is 0 Å². The first-order valence-electron chi connectivity index (χ1n) is 6.06. The van der Waals surface area contributed by atoms with Gasteiger partial charge in [-0.3, -0.25) is 15.1 Å². The van der Waals surface area contributed by atoms with Crippen molar-refractivity contribution in [3.63, 3.8) is 0 Å². The van der Waals surface area contributed by atoms with Crippen molar-refractivity contribution >= 4 is 5.91 Å². The number of nitrogens with zero attached hydrogens (tertiary/aromatic N) is 2. The van der Waals surface area contributed by atoms with Crippen molar-refractivity contribution in [3.05, 3.63) is 29.6 Å². The molecule has 0 radical (unpaired) electrons. The summed E-state index contributed by atoms with van der Waals surface area (Å²) >= 11 is 0. The molecule has 0 saturated heterocycles. The molecule has 0 aromatic carbocycles. The van der Waals surface area contributed by atoms with E-state index in [1.54, 1.807) is 12.1 Å². The van der Waals surface area contributed by atoms with Crippen LogP contribution in [0.15, 0.2) is 18.2 Å². The van der Waals surface area contributed by atoms with Crippen LogP contribution in [0.1, 0.15) is 29.0 Å². The van der Waals surface area contributed by atoms with Crippen molar-refractivity contribution < 1.29 is 9.90 Å². The molecule has 18 heavy (non-hydrogen) atoms. The smallest absolute Gasteiger partial charge is 0.283 e. The second kappa shape index (κ2) is 5.90. The number of nitrogens with one attached hydrogen (secondary N) is 1. The van der Waals surface area contributed by atoms with Crippen molar-refractivity contribution in [1.82, 2.24) is 15.3 Å². The highest BCUT2D eigenvalue weighted by molar-refractivity contribution is 5.91. The number of aliphatic hydroxyl groups excluding tert-OH is 1. The molecule has 1 heterocycles. The van der Waals surface area contributed by atoms with Crippen LogP contribution < -0.4 is 11.3 Å². The number of aliphatic hydroxyl groups is 1. The van der Waals surface area contributed by atoms with Crippen LogP contribution in [0.2, 0.25) is 0 Å². The highest BCUT2D eigenvalue weighted by atomic mass is 16.3. The molecule has 1 fully saturated rings. The molecule has 98 valence electrons. The Kier molecular flexibility index (Phi) is 4.24. The fraction of sp³-hybridized carbons (Fsp3) is 0.500. The molecular formula is C12H18N4O2. The van der Waals surface area contributed by atoms with Gasteiger partial charge < -0.3 is 5.11 Å². The number of hydrogen-bond donors (Lipinski definition) is 3. The van der Waals surface area contributed by atoms with E-state index in [9.17, 15) is 4.79 Å². The maximum absolute atomic E-state index is 11.4. The van der Waals surface area contributed by atoms with Crippen LogP contribution in [0.3, 0.4) is 0 Å². The first-order chi connectivity index (χ1) is 8.74. The summed E-state index contributed by atoms with van der Waals surface area (Å²) in [6, 6.07) is 5.84. The average molecular weight is 250 g/mol. The molecule has 1 aliphatic carbocycles. The first-order valence-corrected chi connectivity index (χ1v) is 6.06. The molecule has 1 aromatic heterocycles. The van der Waals surface area contributed by atoms with Crippen LogP contribution in [0.5, 0.6) is 0 Å². The van der Waals surface area contributed by atoms with Gasteiger partial charge in [0.2, 0.25) is 0 Å². The normalized spacial score (nSPS) is 14.8. The van der Waals surface area contributed by atoms with Crippen LogP contribution in [0, 0.1) is 0 Å². The van der Waals surface area contributed by atoms with Crippen molar-refractivity contribution in [2.24, 2.45) is 5.84 Å². The molecular weight excluding hydrogens is 232 g/mol. The zero-order chi connectivity index (χ0) is 13.0. The fourth-order valence-electron chi connectivity index (χ4n) is 1.93. The molecule has 0 aliphatic heterocycles. The Bertz CT molecular complexity index is 420. The monoisotopic (exact) mass is 250 g/mol. The Morgan fingerprint density at radius 1 is 1.56 bits per heavy atom. The number of carbonyl (C=O) groups excluding carboxylic acids is 1. The van der Waals surface area contributed by atoms with Crippen LogP contribution in [0.25, 0.3) is 0 Å². The van der Waals surface area contributed by atoms with E-state index in [4.69, 9.17) is 10.9 Å². The van der Waals surface area contributed by atoms with Gasteiger partial charge >= 0.3 is 0 Å². The third kappa shape index (κ3) is 3.25. The lowest BCUT2D eigenvalue weighted by molar-refractivity contribution is 0.0948. The SMILES string of the molecule is NNC(=O)c1cccc(CN(CCO)C2CC2)n1. The van der Waals surface area contributed by atoms with E-state index in [1.165, 1.54) is 12.8 Å². The van der Waals surface area contributed by atoms with E-state index >= 15 is 0 Å². The molecule has 0 atom stereocenters. The number of aromatic nitrogens is 1. The van der Waals surface area contributed by atoms with Gasteiger partial charge in [-0.25, -0.2) is 10.8 Å². The van der Waals surface area contributed by atoms with E-state index in [2.05, 4.69) is 15.3 Å². The molecule has 1 aliphatic rings. The molecule has 6 heteroatoms. The van der Waals surface area contributed by atoms with Gasteiger partial charge in [-0.1, -0.05) is 6.07 Å². The lowest BCUT2D eigenvalue weighted by Crippen LogP contribution is -2.32. The minimum Gasteiger partial charge on any atom is -0.395 e. The first kappa shape index (κ1) is 12.9. The van der Waals surface area contributed by atoms with Gasteiger partial charge in [0.1, 0.15) is 5.69 Å². The number of nitrogens with two attached hydrogens (primary N) is 1. The average Bonchev–Trinajstić information content (AvgIpc) is 3.22. The molecule has 0 unspecified atom stereocenters. The zero-order valence-corrected chi connectivity index (χ0v) is 10.2. The fourth-order valence-corrected chi connectivity index (χ4v) is 1.93. The van der Waals surface area contributed by atoms with Crippen LogP contribution in [-0.4, -0.2) is 40.1 Å². The van der Waals surface area contributed by atoms with Crippen molar-refractivity contribution in [1.29, 1.82) is 0 Å². The minimum atomic E-state index is -0.392. The van der Waals surface area contributed by atoms with Gasteiger partial charge in [-0.2, -0.15) is 0 Å². The highest BCUT2D eigenvalue weighted by Gasteiger charge is 2.28. The maximum Gasteiger partial charge on any atom is 0.283 e. The molecule has 1 amide bonds. The molecule has 1 aromatic rings. The second-order valence-electron chi connectivity index (χ2n) is 4.41. The van der Waals surface area contributed by atoms with Crippen molar-refractivity contribution in [2.45, 2.75) is 25.4 Å². The second-order valence-corrected chi connectivity index (χ2v) is 4.41. The number of carbonyl (C=O) groups is 1. The van der Waals surface area contributed by atoms with Gasteiger partial charge in [-0.05, 0) is 25.0 Å². The summed E-state index contributed by atoms with van der Waals surface area (Å²) in [5.74, 6) is 4.69. The Balaban J connectivity index is 2.05. The summed E-state index contributed by atoms with van der Waals surface area (Å²) in [6.45, 7) is 1.43. The Morgan fingerprint density at radius 2 is 2.33 bits per heavy atom. The zero-order valence-electron chi connectivity index (χ0n) is 10.2. The van der Waals surface area contributed by atoms with Gasteiger partial charge in [0, 0.05) is 19.1 Å². The Hall–Kier alpha value is -1.50. The quantitative estimate of drug-likeness (QED) is 0.364. The number of nitrogen functional groups attached to an aromatic ring is 1. The molecule has 0 spiro atoms. The van der Waals surface area contributed by atoms with E-state index in [-0.39, 0.29) is 6.61 Å². The van der Waals surface area contributed by atoms with E-state index in [0.29, 0.717) is 24.8 Å². The molecule has 0 bridgehead atoms. The van der Waals surface area contributed by atoms with Crippen molar-refractivity contribution in [2.75, 3.05) is 13.2 Å². The predicted octanol–water partition coefficient (Wildman–Crippen LogP) is -0.358. The Morgan fingerprint density at radius 3 is 2.94 bits per heavy atom. The number of hydrazine groups is 1. The van der Waals surface area contributed by atoms with E-state index < -0.39 is 5.91 Å². The summed E-state index contributed by atoms with van der Waals surface area (Å²) in [5, 5.41) is 9.03. The maximum atomic E-state index is 11.4. The minimum absolute atomic E-state index is 0.138. The third-order valence-corrected chi connectivity index (χ3v) is 2.99. The topological polar surface area (TPSA) is 91.5 Å². The van der Waals surface area contributed by atoms with Gasteiger partial charge in [0.05, 0.1) is 12.3 Å². The van der Waals surface area contributed by atoms with Crippen LogP contribution >= 0.6 is 0 Å². The highest BCUT2D eigenvalue weighted by Crippen LogP contribution is 2.27. The largest absolute Gasteiger partial charge is 0.395 e. The van der Waals surface area contributed by atoms with E-state index in [0.717, 1.165) is 5.69 Å². The predicted molar refractivity (Wildman–Crippen MR) is 66.4 cm³/mol. The standard InChI is InChI=1S/C12H18N4O2/c13-15-12(18)11-3-1-2-9(14-11)8-16(6-7-17)10-4-5-10/h1-3,10,17H,4-8,13H2,(H,15,18). The Labute approximate surface area is 106 Å². The number of amides is 1. The lowest BCUT2D eigenvalue weighted by Gasteiger charge is -2.20. The molecule has 4 N–H and O–H groups in total. The summed E-state index contributed by atoms with van der Waals surface area (Å²) < 4.78 is 0. The van der Waals surface area contributed by atoms with Crippen LogP contribution in [-0.2, 0) is 6.54 Å². The summed E-state index contributed by atoms with van der Waals surface area (Å²) in [4.78, 5) is 17.8. The number of hydrogen-bond acceptors (Lipinski definition) is 5. The number of pyridine rings is 1. The van der Waals surface area contributed by atoms with Gasteiger partial charge in [-0.15, -0.1) is 0 Å². The lowest BCUT2D eigenvalue weighted by atomic mass is 10.2. The summed E-state index contributed by atoms with van der Waals surface area (Å²) in [6.07, 6.45) is 2.34. The molecule has 1 saturated carbocycles. The summed E-state index contributed by atoms with van der Waals surface area (Å²) in [7, 11) is 0. The van der Waals surface area contributed by atoms with Crippen molar-refractivity contribution in [3.8, 4) is 0 Å². The summed E-state index contributed by atoms with van der Waals surface area (Å²) in [5.41, 5.74) is 3.20. The van der Waals surface area contributed by atoms with E-state index in [1.807, 2.05) is 6.07 Å². The number of rotatable bonds is 6. The van der Waals surface area contributed by atoms with Crippen LogP contribution in [0.4, 0.5) is 0 Å². The molecule has 6 nitrogen and oxygen atoms in total. The molecule has 2 rings (SSSR count).